The van der Waals surface area contributed by atoms with E-state index in [2.05, 4.69) is 11.1 Å². The Kier molecular flexibility index (Phi) is 6.62. The molecule has 0 N–H and O–H groups in total. The normalized spacial score (nSPS) is 19.4. The number of rotatable bonds is 2. The maximum atomic E-state index is 15.1. The summed E-state index contributed by atoms with van der Waals surface area (Å²) in [7, 11) is 0. The molecule has 6 heteroatoms. The van der Waals surface area contributed by atoms with E-state index in [0.29, 0.717) is 23.5 Å². The van der Waals surface area contributed by atoms with Crippen molar-refractivity contribution in [2.45, 2.75) is 46.5 Å². The third-order valence-electron chi connectivity index (χ3n) is 7.73. The van der Waals surface area contributed by atoms with Crippen molar-refractivity contribution in [1.29, 1.82) is 5.26 Å². The number of benzene rings is 2. The van der Waals surface area contributed by atoms with Gasteiger partial charge >= 0.3 is 0 Å². The molecule has 2 aliphatic rings. The van der Waals surface area contributed by atoms with Crippen LogP contribution in [-0.2, 0) is 11.2 Å². The second-order valence-corrected chi connectivity index (χ2v) is 10.0. The fourth-order valence-corrected chi connectivity index (χ4v) is 5.85. The lowest BCUT2D eigenvalue weighted by Gasteiger charge is -2.44. The van der Waals surface area contributed by atoms with Gasteiger partial charge in [0.25, 0.3) is 0 Å². The highest BCUT2D eigenvalue weighted by atomic mass is 19.1. The van der Waals surface area contributed by atoms with Gasteiger partial charge < -0.3 is 0 Å². The summed E-state index contributed by atoms with van der Waals surface area (Å²) in [6.07, 6.45) is 4.87. The first-order valence-electron chi connectivity index (χ1n) is 13.1. The number of nitriles is 1. The first-order valence-corrected chi connectivity index (χ1v) is 13.1. The Morgan fingerprint density at radius 3 is 2.53 bits per heavy atom. The summed E-state index contributed by atoms with van der Waals surface area (Å²) >= 11 is 0. The molecule has 0 aliphatic heterocycles. The number of carbonyl (C=O) groups is 1. The molecule has 0 spiro atoms. The Hall–Kier alpha value is -4.24. The van der Waals surface area contributed by atoms with Crippen LogP contribution in [0.5, 0.6) is 0 Å². The van der Waals surface area contributed by atoms with Crippen molar-refractivity contribution < 1.29 is 9.18 Å². The Labute approximate surface area is 222 Å². The Balaban J connectivity index is 0.00000144. The van der Waals surface area contributed by atoms with E-state index in [1.54, 1.807) is 30.5 Å². The van der Waals surface area contributed by atoms with Crippen LogP contribution < -0.4 is 0 Å². The summed E-state index contributed by atoms with van der Waals surface area (Å²) in [5.41, 5.74) is 3.71. The summed E-state index contributed by atoms with van der Waals surface area (Å²) in [6, 6.07) is 18.4. The zero-order chi connectivity index (χ0) is 27.0. The maximum Gasteiger partial charge on any atom is 0.178 e. The monoisotopic (exact) mass is 504 g/mol. The maximum absolute atomic E-state index is 15.1. The van der Waals surface area contributed by atoms with Gasteiger partial charge in [-0.05, 0) is 43.0 Å². The first kappa shape index (κ1) is 25.4. The third-order valence-corrected chi connectivity index (χ3v) is 7.73. The number of hydrogen-bond donors (Lipinski definition) is 0. The van der Waals surface area contributed by atoms with Crippen molar-refractivity contribution in [2.24, 2.45) is 11.3 Å². The molecule has 0 saturated carbocycles. The number of fused-ring (bicyclic) bond motifs is 4. The molecular weight excluding hydrogens is 475 g/mol. The van der Waals surface area contributed by atoms with Crippen LogP contribution in [-0.4, -0.2) is 20.7 Å². The lowest BCUT2D eigenvalue weighted by atomic mass is 9.59. The molecule has 0 fully saturated rings. The minimum atomic E-state index is -0.700. The summed E-state index contributed by atoms with van der Waals surface area (Å²) in [4.78, 5) is 27.5. The zero-order valence-electron chi connectivity index (χ0n) is 22.0. The predicted molar refractivity (Wildman–Crippen MR) is 147 cm³/mol. The minimum absolute atomic E-state index is 0.0139. The van der Waals surface area contributed by atoms with Crippen molar-refractivity contribution >= 4 is 16.7 Å². The largest absolute Gasteiger partial charge is 0.293 e. The fraction of sp³-hybridized carbons (Fsp3) is 0.281. The van der Waals surface area contributed by atoms with Crippen LogP contribution in [0, 0.1) is 28.5 Å². The number of Topliss-reactive ketones (excluding diaryl/α,β-unsaturated/α-hetero) is 1. The number of halogens is 1. The molecule has 5 nitrogen and oxygen atoms in total. The number of pyridine rings is 1. The molecule has 2 atom stereocenters. The highest BCUT2D eigenvalue weighted by Crippen LogP contribution is 2.52. The highest BCUT2D eigenvalue weighted by Gasteiger charge is 2.49. The van der Waals surface area contributed by atoms with E-state index in [4.69, 9.17) is 9.97 Å². The minimum Gasteiger partial charge on any atom is -0.293 e. The fourth-order valence-electron chi connectivity index (χ4n) is 5.85. The molecule has 2 aromatic carbocycles. The van der Waals surface area contributed by atoms with Gasteiger partial charge in [0.15, 0.2) is 11.6 Å². The molecule has 6 rings (SSSR count). The smallest absolute Gasteiger partial charge is 0.178 e. The standard InChI is InChI=1S/C30H23FN4O.C2H6/c1-30(2)23-13-12-21-26(20-7-3-4-10-24(20)31)34-29(19-8-5-11-25-18(19)9-6-14-33-25)35-27(21)22(23)15-17(16-32)28(30)36;1-2/h3-11,14-15,22-23H,12-13H2,1-2H3;1-2H3. The van der Waals surface area contributed by atoms with Gasteiger partial charge in [0, 0.05) is 39.6 Å². The van der Waals surface area contributed by atoms with Gasteiger partial charge in [-0.2, -0.15) is 5.26 Å². The number of aromatic nitrogens is 3. The number of carbonyl (C=O) groups excluding carboxylic acids is 1. The van der Waals surface area contributed by atoms with Gasteiger partial charge in [-0.15, -0.1) is 0 Å². The average molecular weight is 505 g/mol. The van der Waals surface area contributed by atoms with E-state index < -0.39 is 5.41 Å². The second kappa shape index (κ2) is 9.90. The Bertz CT molecular complexity index is 1630. The van der Waals surface area contributed by atoms with Crippen LogP contribution in [0.3, 0.4) is 0 Å². The van der Waals surface area contributed by atoms with E-state index in [0.717, 1.165) is 34.1 Å². The van der Waals surface area contributed by atoms with Crippen molar-refractivity contribution in [3.05, 3.63) is 89.5 Å². The number of ketones is 1. The van der Waals surface area contributed by atoms with Crippen LogP contribution in [0.4, 0.5) is 4.39 Å². The van der Waals surface area contributed by atoms with Gasteiger partial charge in [0.2, 0.25) is 0 Å². The summed E-state index contributed by atoms with van der Waals surface area (Å²) in [5.74, 6) is -0.249. The SMILES string of the molecule is CC.CC1(C)C(=O)C(C#N)=CC2c3nc(-c4cccc5ncccc45)nc(-c4ccccc4F)c3CCC21. The molecule has 0 radical (unpaired) electrons. The highest BCUT2D eigenvalue weighted by molar-refractivity contribution is 6.04. The zero-order valence-corrected chi connectivity index (χ0v) is 22.0. The topological polar surface area (TPSA) is 79.5 Å². The van der Waals surface area contributed by atoms with Crippen LogP contribution in [0.1, 0.15) is 51.3 Å². The first-order chi connectivity index (χ1) is 18.4. The molecular formula is C32H29FN4O. The van der Waals surface area contributed by atoms with E-state index in [1.807, 2.05) is 58.0 Å². The van der Waals surface area contributed by atoms with Crippen LogP contribution >= 0.6 is 0 Å². The van der Waals surface area contributed by atoms with Gasteiger partial charge in [0.1, 0.15) is 11.9 Å². The molecule has 0 amide bonds. The molecule has 2 aliphatic carbocycles. The molecule has 2 heterocycles. The number of hydrogen-bond acceptors (Lipinski definition) is 5. The van der Waals surface area contributed by atoms with Crippen molar-refractivity contribution in [3.63, 3.8) is 0 Å². The van der Waals surface area contributed by atoms with Crippen molar-refractivity contribution in [1.82, 2.24) is 15.0 Å². The molecule has 38 heavy (non-hydrogen) atoms. The molecule has 0 saturated heterocycles. The Morgan fingerprint density at radius 1 is 1.00 bits per heavy atom. The third kappa shape index (κ3) is 3.99. The van der Waals surface area contributed by atoms with E-state index >= 15 is 4.39 Å². The average Bonchev–Trinajstić information content (AvgIpc) is 2.95. The van der Waals surface area contributed by atoms with E-state index in [-0.39, 0.29) is 29.0 Å². The van der Waals surface area contributed by atoms with Gasteiger partial charge in [-0.1, -0.05) is 64.1 Å². The van der Waals surface area contributed by atoms with E-state index in [1.165, 1.54) is 6.07 Å². The molecule has 4 aromatic rings. The molecule has 0 bridgehead atoms. The lowest BCUT2D eigenvalue weighted by molar-refractivity contribution is -0.127. The quantitative estimate of drug-likeness (QED) is 0.288. The van der Waals surface area contributed by atoms with Gasteiger partial charge in [-0.3, -0.25) is 9.78 Å². The lowest BCUT2D eigenvalue weighted by Crippen LogP contribution is -2.43. The van der Waals surface area contributed by atoms with Crippen LogP contribution in [0.25, 0.3) is 33.5 Å². The van der Waals surface area contributed by atoms with Gasteiger partial charge in [-0.25, -0.2) is 14.4 Å². The molecule has 2 aromatic heterocycles. The summed E-state index contributed by atoms with van der Waals surface area (Å²) in [5, 5.41) is 10.6. The van der Waals surface area contributed by atoms with Gasteiger partial charge in [0.05, 0.1) is 22.5 Å². The number of nitrogens with zero attached hydrogens (tertiary/aromatic N) is 4. The second-order valence-electron chi connectivity index (χ2n) is 10.0. The molecule has 2 unspecified atom stereocenters. The van der Waals surface area contributed by atoms with E-state index in [9.17, 15) is 10.1 Å². The van der Waals surface area contributed by atoms with Crippen LogP contribution in [0.15, 0.2) is 72.4 Å². The van der Waals surface area contributed by atoms with Crippen molar-refractivity contribution in [2.75, 3.05) is 0 Å². The Morgan fingerprint density at radius 2 is 1.76 bits per heavy atom. The molecule has 190 valence electrons. The predicted octanol–water partition coefficient (Wildman–Crippen LogP) is 7.23. The summed E-state index contributed by atoms with van der Waals surface area (Å²) in [6.45, 7) is 7.83. The summed E-state index contributed by atoms with van der Waals surface area (Å²) < 4.78 is 15.1. The van der Waals surface area contributed by atoms with Crippen LogP contribution in [0.2, 0.25) is 0 Å². The number of allylic oxidation sites excluding steroid dienone is 2. The van der Waals surface area contributed by atoms with Crippen molar-refractivity contribution in [3.8, 4) is 28.7 Å².